The van der Waals surface area contributed by atoms with Crippen LogP contribution in [0.4, 0.5) is 0 Å². The van der Waals surface area contributed by atoms with E-state index in [9.17, 15) is 0 Å². The zero-order valence-electron chi connectivity index (χ0n) is 11.8. The molecule has 17 heavy (non-hydrogen) atoms. The van der Waals surface area contributed by atoms with Gasteiger partial charge in [-0.15, -0.1) is 0 Å². The van der Waals surface area contributed by atoms with Gasteiger partial charge in [-0.2, -0.15) is 0 Å². The van der Waals surface area contributed by atoms with Crippen molar-refractivity contribution in [3.63, 3.8) is 0 Å². The van der Waals surface area contributed by atoms with E-state index in [1.165, 1.54) is 0 Å². The summed E-state index contributed by atoms with van der Waals surface area (Å²) in [5.74, 6) is 0.566. The van der Waals surface area contributed by atoms with E-state index in [2.05, 4.69) is 50.5 Å². The minimum atomic E-state index is 0.298. The maximum absolute atomic E-state index is 6.09. The smallest absolute Gasteiger partial charge is 0.0624 e. The lowest BCUT2D eigenvalue weighted by Gasteiger charge is -2.35. The fraction of sp³-hybridized carbons (Fsp3) is 1.00. The van der Waals surface area contributed by atoms with Crippen LogP contribution in [0.5, 0.6) is 0 Å². The average Bonchev–Trinajstić information content (AvgIpc) is 2.14. The maximum atomic E-state index is 6.09. The van der Waals surface area contributed by atoms with Crippen molar-refractivity contribution < 1.29 is 9.47 Å². The Bertz CT molecular complexity index is 215. The van der Waals surface area contributed by atoms with Crippen molar-refractivity contribution in [1.29, 1.82) is 0 Å². The number of hydrogen-bond donors (Lipinski definition) is 0. The van der Waals surface area contributed by atoms with Crippen molar-refractivity contribution in [3.05, 3.63) is 0 Å². The molecule has 0 aromatic rings. The van der Waals surface area contributed by atoms with Gasteiger partial charge < -0.3 is 9.47 Å². The zero-order chi connectivity index (χ0) is 13.1. The average molecular weight is 307 g/mol. The highest BCUT2D eigenvalue weighted by Crippen LogP contribution is 2.29. The second kappa shape index (κ2) is 6.53. The number of rotatable bonds is 4. The second-order valence-electron chi connectivity index (χ2n) is 6.40. The van der Waals surface area contributed by atoms with Gasteiger partial charge in [-0.1, -0.05) is 36.7 Å². The zero-order valence-corrected chi connectivity index (χ0v) is 13.4. The van der Waals surface area contributed by atoms with Crippen molar-refractivity contribution in [3.8, 4) is 0 Å². The number of ether oxygens (including phenoxy) is 2. The Kier molecular flexibility index (Phi) is 5.94. The van der Waals surface area contributed by atoms with E-state index in [0.717, 1.165) is 24.8 Å². The van der Waals surface area contributed by atoms with Gasteiger partial charge in [0, 0.05) is 5.33 Å². The third-order valence-electron chi connectivity index (χ3n) is 3.60. The summed E-state index contributed by atoms with van der Waals surface area (Å²) in [4.78, 5) is 0. The summed E-state index contributed by atoms with van der Waals surface area (Å²) in [6.45, 7) is 11.9. The van der Waals surface area contributed by atoms with Gasteiger partial charge >= 0.3 is 0 Å². The molecule has 1 aliphatic rings. The first-order chi connectivity index (χ1) is 7.82. The monoisotopic (exact) mass is 306 g/mol. The fourth-order valence-electron chi connectivity index (χ4n) is 2.26. The highest BCUT2D eigenvalue weighted by molar-refractivity contribution is 9.09. The molecule has 0 N–H and O–H groups in total. The molecule has 0 saturated carbocycles. The predicted molar refractivity (Wildman–Crippen MR) is 75.7 cm³/mol. The minimum Gasteiger partial charge on any atom is -0.378 e. The molecule has 0 spiro atoms. The van der Waals surface area contributed by atoms with Gasteiger partial charge in [0.1, 0.15) is 0 Å². The predicted octanol–water partition coefficient (Wildman–Crippen LogP) is 4.02. The van der Waals surface area contributed by atoms with Gasteiger partial charge in [-0.3, -0.25) is 0 Å². The van der Waals surface area contributed by atoms with Gasteiger partial charge in [0.15, 0.2) is 0 Å². The molecule has 3 unspecified atom stereocenters. The van der Waals surface area contributed by atoms with Crippen LogP contribution in [0.1, 0.15) is 47.5 Å². The molecule has 0 bridgehead atoms. The lowest BCUT2D eigenvalue weighted by molar-refractivity contribution is -0.110. The normalized spacial score (nSPS) is 32.5. The largest absolute Gasteiger partial charge is 0.378 e. The molecule has 0 amide bonds. The number of hydrogen-bond acceptors (Lipinski definition) is 2. The van der Waals surface area contributed by atoms with Crippen LogP contribution in [0, 0.1) is 11.3 Å². The van der Waals surface area contributed by atoms with Gasteiger partial charge in [-0.05, 0) is 38.0 Å². The molecule has 0 aromatic heterocycles. The standard InChI is InChI=1S/C14H27BrO2/c1-10-6-13(7-11(2)17-10)16-9-12(8-15)14(3,4)5/h10-13H,6-9H2,1-5H3. The number of alkyl halides is 1. The fourth-order valence-corrected chi connectivity index (χ4v) is 3.42. The Hall–Kier alpha value is 0.400. The van der Waals surface area contributed by atoms with Crippen LogP contribution >= 0.6 is 15.9 Å². The van der Waals surface area contributed by atoms with Gasteiger partial charge in [0.05, 0.1) is 24.9 Å². The van der Waals surface area contributed by atoms with Crippen LogP contribution in [0.15, 0.2) is 0 Å². The Labute approximate surface area is 115 Å². The molecule has 1 aliphatic heterocycles. The van der Waals surface area contributed by atoms with E-state index in [1.54, 1.807) is 0 Å². The van der Waals surface area contributed by atoms with E-state index in [4.69, 9.17) is 9.47 Å². The van der Waals surface area contributed by atoms with Crippen LogP contribution < -0.4 is 0 Å². The molecule has 3 atom stereocenters. The van der Waals surface area contributed by atoms with Gasteiger partial charge in [-0.25, -0.2) is 0 Å². The molecule has 0 radical (unpaired) electrons. The third kappa shape index (κ3) is 5.27. The van der Waals surface area contributed by atoms with E-state index in [1.807, 2.05) is 0 Å². The van der Waals surface area contributed by atoms with Crippen molar-refractivity contribution in [2.75, 3.05) is 11.9 Å². The Morgan fingerprint density at radius 2 is 1.76 bits per heavy atom. The van der Waals surface area contributed by atoms with Gasteiger partial charge in [0.2, 0.25) is 0 Å². The quantitative estimate of drug-likeness (QED) is 0.730. The molecular formula is C14H27BrO2. The molecule has 3 heteroatoms. The topological polar surface area (TPSA) is 18.5 Å². The van der Waals surface area contributed by atoms with Crippen LogP contribution in [0.2, 0.25) is 0 Å². The summed E-state index contributed by atoms with van der Waals surface area (Å²) >= 11 is 3.60. The summed E-state index contributed by atoms with van der Waals surface area (Å²) in [5.41, 5.74) is 0.298. The lowest BCUT2D eigenvalue weighted by atomic mass is 9.82. The SMILES string of the molecule is CC1CC(OCC(CBr)C(C)(C)C)CC(C)O1. The molecule has 1 heterocycles. The molecule has 102 valence electrons. The number of halogens is 1. The first-order valence-electron chi connectivity index (χ1n) is 6.66. The van der Waals surface area contributed by atoms with Crippen LogP contribution in [0.25, 0.3) is 0 Å². The van der Waals surface area contributed by atoms with E-state index in [-0.39, 0.29) is 0 Å². The first kappa shape index (κ1) is 15.5. The van der Waals surface area contributed by atoms with E-state index in [0.29, 0.717) is 29.6 Å². The summed E-state index contributed by atoms with van der Waals surface area (Å²) in [5, 5.41) is 1.00. The highest BCUT2D eigenvalue weighted by atomic mass is 79.9. The van der Waals surface area contributed by atoms with E-state index >= 15 is 0 Å². The van der Waals surface area contributed by atoms with Crippen LogP contribution in [-0.2, 0) is 9.47 Å². The summed E-state index contributed by atoms with van der Waals surface area (Å²) < 4.78 is 11.8. The maximum Gasteiger partial charge on any atom is 0.0624 e. The second-order valence-corrected chi connectivity index (χ2v) is 7.05. The minimum absolute atomic E-state index is 0.298. The molecule has 1 fully saturated rings. The van der Waals surface area contributed by atoms with Crippen molar-refractivity contribution in [1.82, 2.24) is 0 Å². The summed E-state index contributed by atoms with van der Waals surface area (Å²) in [6.07, 6.45) is 3.10. The van der Waals surface area contributed by atoms with Crippen molar-refractivity contribution in [2.45, 2.75) is 65.8 Å². The molecular weight excluding hydrogens is 280 g/mol. The molecule has 0 aliphatic carbocycles. The highest BCUT2D eigenvalue weighted by Gasteiger charge is 2.28. The van der Waals surface area contributed by atoms with Crippen molar-refractivity contribution in [2.24, 2.45) is 11.3 Å². The Morgan fingerprint density at radius 3 is 2.18 bits per heavy atom. The van der Waals surface area contributed by atoms with Crippen LogP contribution in [-0.4, -0.2) is 30.2 Å². The molecule has 1 saturated heterocycles. The van der Waals surface area contributed by atoms with Crippen LogP contribution in [0.3, 0.4) is 0 Å². The summed E-state index contributed by atoms with van der Waals surface area (Å²) in [6, 6.07) is 0. The summed E-state index contributed by atoms with van der Waals surface area (Å²) in [7, 11) is 0. The molecule has 0 aromatic carbocycles. The van der Waals surface area contributed by atoms with Crippen molar-refractivity contribution >= 4 is 15.9 Å². The van der Waals surface area contributed by atoms with E-state index < -0.39 is 0 Å². The third-order valence-corrected chi connectivity index (χ3v) is 4.38. The Morgan fingerprint density at radius 1 is 1.24 bits per heavy atom. The molecule has 1 rings (SSSR count). The molecule has 2 nitrogen and oxygen atoms in total. The first-order valence-corrected chi connectivity index (χ1v) is 7.78. The Balaban J connectivity index is 2.39. The van der Waals surface area contributed by atoms with Gasteiger partial charge in [0.25, 0.3) is 0 Å². The lowest BCUT2D eigenvalue weighted by Crippen LogP contribution is -2.36.